The molecule has 1 aliphatic heterocycles. The Morgan fingerprint density at radius 2 is 1.88 bits per heavy atom. The van der Waals surface area contributed by atoms with Gasteiger partial charge >= 0.3 is 0 Å². The molecule has 0 saturated carbocycles. The number of anilines is 2. The smallest absolute Gasteiger partial charge is 0.254 e. The van der Waals surface area contributed by atoms with Gasteiger partial charge < -0.3 is 5.32 Å². The molecule has 1 heterocycles. The summed E-state index contributed by atoms with van der Waals surface area (Å²) in [5.41, 5.74) is 1.22. The highest BCUT2D eigenvalue weighted by atomic mass is 35.5. The van der Waals surface area contributed by atoms with Crippen molar-refractivity contribution in [2.24, 2.45) is 4.99 Å². The summed E-state index contributed by atoms with van der Waals surface area (Å²) < 4.78 is 0. The molecule has 2 amide bonds. The molecule has 5 nitrogen and oxygen atoms in total. The summed E-state index contributed by atoms with van der Waals surface area (Å²) in [6, 6.07) is 13.9. The van der Waals surface area contributed by atoms with Crippen molar-refractivity contribution in [2.45, 2.75) is 0 Å². The highest BCUT2D eigenvalue weighted by Crippen LogP contribution is 2.30. The molecule has 0 bridgehead atoms. The van der Waals surface area contributed by atoms with Crippen LogP contribution in [0.4, 0.5) is 11.4 Å². The molecule has 0 atom stereocenters. The van der Waals surface area contributed by atoms with Gasteiger partial charge in [0.25, 0.3) is 5.91 Å². The first-order valence-corrected chi connectivity index (χ1v) is 9.09. The fourth-order valence-corrected chi connectivity index (χ4v) is 3.39. The van der Waals surface area contributed by atoms with Crippen LogP contribution < -0.4 is 10.2 Å². The van der Waals surface area contributed by atoms with Gasteiger partial charge in [-0.15, -0.1) is 0 Å². The summed E-state index contributed by atoms with van der Waals surface area (Å²) in [4.78, 5) is 29.9. The van der Waals surface area contributed by atoms with Crippen LogP contribution in [0, 0.1) is 0 Å². The van der Waals surface area contributed by atoms with Crippen LogP contribution in [0.5, 0.6) is 0 Å². The number of hydrogen-bond acceptors (Lipinski definition) is 4. The zero-order valence-corrected chi connectivity index (χ0v) is 15.2. The molecular weight excluding hydrogens is 381 g/mol. The number of carbonyl (C=O) groups excluding carboxylic acids is 2. The summed E-state index contributed by atoms with van der Waals surface area (Å²) in [5, 5.41) is 4.28. The Morgan fingerprint density at radius 3 is 2.60 bits per heavy atom. The normalized spacial score (nSPS) is 13.8. The fraction of sp³-hybridized carbons (Fsp3) is 0.118. The van der Waals surface area contributed by atoms with Crippen molar-refractivity contribution in [1.29, 1.82) is 0 Å². The number of amidine groups is 1. The largest absolute Gasteiger partial charge is 0.325 e. The minimum Gasteiger partial charge on any atom is -0.325 e. The van der Waals surface area contributed by atoms with Gasteiger partial charge in [-0.1, -0.05) is 47.1 Å². The Balaban J connectivity index is 1.64. The van der Waals surface area contributed by atoms with Crippen LogP contribution in [-0.4, -0.2) is 29.3 Å². The predicted molar refractivity (Wildman–Crippen MR) is 104 cm³/mol. The van der Waals surface area contributed by atoms with E-state index in [0.29, 0.717) is 26.6 Å². The number of nitrogens with one attached hydrogen (secondary N) is 1. The Bertz CT molecular complexity index is 840. The number of thioether (sulfide) groups is 1. The molecule has 128 valence electrons. The van der Waals surface area contributed by atoms with Crippen LogP contribution in [0.25, 0.3) is 0 Å². The Labute approximate surface area is 159 Å². The molecule has 8 heteroatoms. The second-order valence-electron chi connectivity index (χ2n) is 5.12. The van der Waals surface area contributed by atoms with Crippen molar-refractivity contribution < 1.29 is 9.59 Å². The molecule has 0 aromatic heterocycles. The van der Waals surface area contributed by atoms with Crippen LogP contribution in [0.3, 0.4) is 0 Å². The lowest BCUT2D eigenvalue weighted by Crippen LogP contribution is -2.31. The van der Waals surface area contributed by atoms with E-state index in [1.807, 2.05) is 0 Å². The first-order valence-electron chi connectivity index (χ1n) is 7.35. The van der Waals surface area contributed by atoms with Crippen LogP contribution in [0.2, 0.25) is 10.0 Å². The Kier molecular flexibility index (Phi) is 5.63. The van der Waals surface area contributed by atoms with Crippen LogP contribution >= 0.6 is 35.0 Å². The highest BCUT2D eigenvalue weighted by Gasteiger charge is 2.29. The molecule has 2 aromatic carbocycles. The molecule has 0 radical (unpaired) electrons. The van der Waals surface area contributed by atoms with Crippen molar-refractivity contribution in [1.82, 2.24) is 0 Å². The van der Waals surface area contributed by atoms with E-state index in [1.54, 1.807) is 48.5 Å². The maximum Gasteiger partial charge on any atom is 0.254 e. The molecule has 3 rings (SSSR count). The maximum atomic E-state index is 12.1. The van der Waals surface area contributed by atoms with E-state index in [0.717, 1.165) is 0 Å². The van der Waals surface area contributed by atoms with E-state index >= 15 is 0 Å². The minimum atomic E-state index is -0.200. The van der Waals surface area contributed by atoms with Gasteiger partial charge in [0.2, 0.25) is 5.91 Å². The minimum absolute atomic E-state index is 0.0480. The standard InChI is InChI=1S/C17H13Cl2N3O2S/c18-11-5-7-12(8-6-11)21-15(23)10-25-17-20-9-16(24)22(17)14-4-2-1-3-13(14)19/h1-8H,9-10H2,(H,21,23). The van der Waals surface area contributed by atoms with E-state index in [9.17, 15) is 9.59 Å². The molecule has 0 fully saturated rings. The van der Waals surface area contributed by atoms with Gasteiger partial charge in [-0.3, -0.25) is 19.5 Å². The van der Waals surface area contributed by atoms with Crippen molar-refractivity contribution in [3.63, 3.8) is 0 Å². The summed E-state index contributed by atoms with van der Waals surface area (Å²) in [6.07, 6.45) is 0. The molecule has 1 aliphatic rings. The zero-order valence-electron chi connectivity index (χ0n) is 12.9. The summed E-state index contributed by atoms with van der Waals surface area (Å²) in [6.45, 7) is 0.0480. The third-order valence-electron chi connectivity index (χ3n) is 3.34. The SMILES string of the molecule is O=C(CSC1=NCC(=O)N1c1ccccc1Cl)Nc1ccc(Cl)cc1. The number of aliphatic imine (C=N–C) groups is 1. The summed E-state index contributed by atoms with van der Waals surface area (Å²) >= 11 is 13.2. The number of para-hydroxylation sites is 1. The van der Waals surface area contributed by atoms with Gasteiger partial charge in [0.05, 0.1) is 16.5 Å². The van der Waals surface area contributed by atoms with Crippen molar-refractivity contribution in [3.8, 4) is 0 Å². The van der Waals surface area contributed by atoms with E-state index in [1.165, 1.54) is 16.7 Å². The van der Waals surface area contributed by atoms with E-state index in [4.69, 9.17) is 23.2 Å². The van der Waals surface area contributed by atoms with E-state index in [2.05, 4.69) is 10.3 Å². The van der Waals surface area contributed by atoms with E-state index < -0.39 is 0 Å². The van der Waals surface area contributed by atoms with Crippen molar-refractivity contribution in [2.75, 3.05) is 22.5 Å². The topological polar surface area (TPSA) is 61.8 Å². The van der Waals surface area contributed by atoms with Crippen LogP contribution in [-0.2, 0) is 9.59 Å². The third kappa shape index (κ3) is 4.34. The van der Waals surface area contributed by atoms with Gasteiger partial charge in [-0.2, -0.15) is 0 Å². The van der Waals surface area contributed by atoms with Crippen LogP contribution in [0.1, 0.15) is 0 Å². The van der Waals surface area contributed by atoms with E-state index in [-0.39, 0.29) is 24.1 Å². The number of benzene rings is 2. The summed E-state index contributed by atoms with van der Waals surface area (Å²) in [5.74, 6) is -0.252. The lowest BCUT2D eigenvalue weighted by Gasteiger charge is -2.19. The van der Waals surface area contributed by atoms with Gasteiger partial charge in [-0.05, 0) is 36.4 Å². The zero-order chi connectivity index (χ0) is 17.8. The number of carbonyl (C=O) groups is 2. The Morgan fingerprint density at radius 1 is 1.16 bits per heavy atom. The van der Waals surface area contributed by atoms with Gasteiger partial charge in [0, 0.05) is 10.7 Å². The third-order valence-corrected chi connectivity index (χ3v) is 4.89. The van der Waals surface area contributed by atoms with Crippen LogP contribution in [0.15, 0.2) is 53.5 Å². The van der Waals surface area contributed by atoms with Crippen molar-refractivity contribution >= 4 is 63.3 Å². The van der Waals surface area contributed by atoms with Gasteiger partial charge in [0.1, 0.15) is 6.54 Å². The maximum absolute atomic E-state index is 12.1. The molecule has 1 N–H and O–H groups in total. The number of amides is 2. The lowest BCUT2D eigenvalue weighted by molar-refractivity contribution is -0.116. The van der Waals surface area contributed by atoms with Gasteiger partial charge in [-0.25, -0.2) is 0 Å². The molecule has 0 spiro atoms. The Hall–Kier alpha value is -2.02. The predicted octanol–water partition coefficient (Wildman–Crippen LogP) is 4.07. The molecule has 25 heavy (non-hydrogen) atoms. The number of hydrogen-bond donors (Lipinski definition) is 1. The molecule has 0 saturated heterocycles. The molecular formula is C17H13Cl2N3O2S. The number of halogens is 2. The van der Waals surface area contributed by atoms with Gasteiger partial charge in [0.15, 0.2) is 5.17 Å². The molecule has 0 aliphatic carbocycles. The average molecular weight is 394 g/mol. The average Bonchev–Trinajstić information content (AvgIpc) is 2.96. The first kappa shape index (κ1) is 17.8. The lowest BCUT2D eigenvalue weighted by atomic mass is 10.3. The number of rotatable bonds is 4. The second-order valence-corrected chi connectivity index (χ2v) is 6.91. The number of nitrogens with zero attached hydrogens (tertiary/aromatic N) is 2. The summed E-state index contributed by atoms with van der Waals surface area (Å²) in [7, 11) is 0. The van der Waals surface area contributed by atoms with Crippen molar-refractivity contribution in [3.05, 3.63) is 58.6 Å². The molecule has 0 unspecified atom stereocenters. The fourth-order valence-electron chi connectivity index (χ4n) is 2.22. The quantitative estimate of drug-likeness (QED) is 0.851. The monoisotopic (exact) mass is 393 g/mol. The highest BCUT2D eigenvalue weighted by molar-refractivity contribution is 8.14. The molecule has 2 aromatic rings. The first-order chi connectivity index (χ1) is 12.0. The second kappa shape index (κ2) is 7.91.